The van der Waals surface area contributed by atoms with Gasteiger partial charge in [-0.2, -0.15) is 0 Å². The van der Waals surface area contributed by atoms with E-state index in [0.717, 1.165) is 0 Å². The molecule has 0 aromatic rings. The first-order valence-electron chi connectivity index (χ1n) is 3.05. The van der Waals surface area contributed by atoms with Gasteiger partial charge in [0.25, 0.3) is 0 Å². The molecule has 0 rings (SSSR count). The molecule has 0 aromatic heterocycles. The maximum absolute atomic E-state index is 8.31. The Morgan fingerprint density at radius 2 is 2.20 bits per heavy atom. The van der Waals surface area contributed by atoms with E-state index in [-0.39, 0.29) is 0 Å². The molecule has 4 nitrogen and oxygen atoms in total. The highest BCUT2D eigenvalue weighted by Gasteiger charge is 2.00. The van der Waals surface area contributed by atoms with Gasteiger partial charge in [0, 0.05) is 0 Å². The maximum Gasteiger partial charge on any atom is 0.106 e. The van der Waals surface area contributed by atoms with Crippen molar-refractivity contribution in [3.63, 3.8) is 0 Å². The first-order valence-corrected chi connectivity index (χ1v) is 3.05. The number of oxime groups is 2. The molecule has 1 N–H and O–H groups in total. The van der Waals surface area contributed by atoms with Gasteiger partial charge in [-0.15, -0.1) is 0 Å². The summed E-state index contributed by atoms with van der Waals surface area (Å²) in [4.78, 5) is 4.51. The molecule has 0 amide bonds. The van der Waals surface area contributed by atoms with Crippen LogP contribution in [0.3, 0.4) is 0 Å². The van der Waals surface area contributed by atoms with Gasteiger partial charge < -0.3 is 10.0 Å². The average Bonchev–Trinajstić information content (AvgIpc) is 1.99. The molecule has 0 spiro atoms. The average molecular weight is 144 g/mol. The molecule has 4 heteroatoms. The lowest BCUT2D eigenvalue weighted by Gasteiger charge is -1.97. The summed E-state index contributed by atoms with van der Waals surface area (Å²) >= 11 is 0. The molecule has 0 aromatic carbocycles. The number of hydrogen-bond donors (Lipinski definition) is 1. The van der Waals surface area contributed by atoms with E-state index < -0.39 is 0 Å². The SMILES string of the molecule is CCC(=NOC)C(C)=NO. The highest BCUT2D eigenvalue weighted by molar-refractivity contribution is 6.41. The summed E-state index contributed by atoms with van der Waals surface area (Å²) in [5.74, 6) is 0. The van der Waals surface area contributed by atoms with Crippen LogP contribution in [0.4, 0.5) is 0 Å². The summed E-state index contributed by atoms with van der Waals surface area (Å²) in [7, 11) is 1.46. The fourth-order valence-corrected chi connectivity index (χ4v) is 0.554. The van der Waals surface area contributed by atoms with E-state index in [4.69, 9.17) is 5.21 Å². The molecule has 0 saturated heterocycles. The van der Waals surface area contributed by atoms with E-state index >= 15 is 0 Å². The molecule has 0 aliphatic rings. The van der Waals surface area contributed by atoms with Crippen molar-refractivity contribution >= 4 is 11.4 Å². The summed E-state index contributed by atoms with van der Waals surface area (Å²) in [6.45, 7) is 3.58. The third kappa shape index (κ3) is 2.48. The zero-order chi connectivity index (χ0) is 7.98. The first-order chi connectivity index (χ1) is 4.76. The zero-order valence-electron chi connectivity index (χ0n) is 6.46. The Hall–Kier alpha value is -1.06. The Morgan fingerprint density at radius 1 is 1.60 bits per heavy atom. The molecule has 0 aliphatic carbocycles. The van der Waals surface area contributed by atoms with Crippen molar-refractivity contribution in [3.8, 4) is 0 Å². The van der Waals surface area contributed by atoms with E-state index in [1.165, 1.54) is 7.11 Å². The van der Waals surface area contributed by atoms with Crippen LogP contribution in [0, 0.1) is 0 Å². The molecule has 0 radical (unpaired) electrons. The van der Waals surface area contributed by atoms with Crippen molar-refractivity contribution in [3.05, 3.63) is 0 Å². The summed E-state index contributed by atoms with van der Waals surface area (Å²) in [5.41, 5.74) is 1.15. The highest BCUT2D eigenvalue weighted by Crippen LogP contribution is 1.90. The van der Waals surface area contributed by atoms with Gasteiger partial charge in [-0.3, -0.25) is 0 Å². The molecule has 0 fully saturated rings. The van der Waals surface area contributed by atoms with E-state index in [1.807, 2.05) is 6.92 Å². The lowest BCUT2D eigenvalue weighted by Crippen LogP contribution is -2.09. The second-order valence-corrected chi connectivity index (χ2v) is 1.76. The van der Waals surface area contributed by atoms with Gasteiger partial charge in [0.2, 0.25) is 0 Å². The highest BCUT2D eigenvalue weighted by atomic mass is 16.6. The van der Waals surface area contributed by atoms with Crippen LogP contribution in [0.2, 0.25) is 0 Å². The third-order valence-electron chi connectivity index (χ3n) is 1.10. The fraction of sp³-hybridized carbons (Fsp3) is 0.667. The van der Waals surface area contributed by atoms with E-state index in [0.29, 0.717) is 17.8 Å². The molecule has 0 saturated carbocycles. The molecular weight excluding hydrogens is 132 g/mol. The summed E-state index contributed by atoms with van der Waals surface area (Å²) < 4.78 is 0. The van der Waals surface area contributed by atoms with Crippen LogP contribution in [-0.4, -0.2) is 23.7 Å². The third-order valence-corrected chi connectivity index (χ3v) is 1.10. The fourth-order valence-electron chi connectivity index (χ4n) is 0.554. The predicted octanol–water partition coefficient (Wildman–Crippen LogP) is 1.25. The normalized spacial score (nSPS) is 13.5. The van der Waals surface area contributed by atoms with Crippen LogP contribution in [0.15, 0.2) is 10.3 Å². The second-order valence-electron chi connectivity index (χ2n) is 1.76. The summed E-state index contributed by atoms with van der Waals surface area (Å²) in [6, 6.07) is 0. The summed E-state index contributed by atoms with van der Waals surface area (Å²) in [5, 5.41) is 14.9. The molecule has 10 heavy (non-hydrogen) atoms. The number of rotatable bonds is 3. The minimum Gasteiger partial charge on any atom is -0.411 e. The number of hydrogen-bond acceptors (Lipinski definition) is 4. The quantitative estimate of drug-likeness (QED) is 0.368. The van der Waals surface area contributed by atoms with Crippen LogP contribution in [-0.2, 0) is 4.84 Å². The van der Waals surface area contributed by atoms with Gasteiger partial charge in [-0.1, -0.05) is 17.2 Å². The topological polar surface area (TPSA) is 54.2 Å². The van der Waals surface area contributed by atoms with Gasteiger partial charge in [-0.05, 0) is 13.3 Å². The Balaban J connectivity index is 4.21. The van der Waals surface area contributed by atoms with Crippen LogP contribution in [0.1, 0.15) is 20.3 Å². The summed E-state index contributed by atoms with van der Waals surface area (Å²) in [6.07, 6.45) is 0.698. The molecule has 0 heterocycles. The van der Waals surface area contributed by atoms with Crippen molar-refractivity contribution in [1.82, 2.24) is 0 Å². The Kier molecular flexibility index (Phi) is 4.28. The Bertz CT molecular complexity index is 152. The van der Waals surface area contributed by atoms with Crippen LogP contribution >= 0.6 is 0 Å². The number of nitrogens with zero attached hydrogens (tertiary/aromatic N) is 2. The van der Waals surface area contributed by atoms with E-state index in [1.54, 1.807) is 6.92 Å². The van der Waals surface area contributed by atoms with Crippen molar-refractivity contribution in [2.45, 2.75) is 20.3 Å². The second kappa shape index (κ2) is 4.78. The zero-order valence-corrected chi connectivity index (χ0v) is 6.46. The van der Waals surface area contributed by atoms with Crippen LogP contribution in [0.25, 0.3) is 0 Å². The minimum atomic E-state index is 0.490. The van der Waals surface area contributed by atoms with Gasteiger partial charge in [0.05, 0.1) is 0 Å². The van der Waals surface area contributed by atoms with Crippen LogP contribution < -0.4 is 0 Å². The van der Waals surface area contributed by atoms with Gasteiger partial charge in [-0.25, -0.2) is 0 Å². The standard InChI is InChI=1S/C6H12N2O2/c1-4-6(8-10-3)5(2)7-9/h9H,4H2,1-3H3. The van der Waals surface area contributed by atoms with Crippen molar-refractivity contribution in [1.29, 1.82) is 0 Å². The molecular formula is C6H12N2O2. The molecule has 58 valence electrons. The molecule has 0 unspecified atom stereocenters. The van der Waals surface area contributed by atoms with E-state index in [9.17, 15) is 0 Å². The largest absolute Gasteiger partial charge is 0.411 e. The van der Waals surface area contributed by atoms with Crippen molar-refractivity contribution in [2.24, 2.45) is 10.3 Å². The van der Waals surface area contributed by atoms with E-state index in [2.05, 4.69) is 15.1 Å². The van der Waals surface area contributed by atoms with Gasteiger partial charge >= 0.3 is 0 Å². The Morgan fingerprint density at radius 3 is 2.50 bits per heavy atom. The first kappa shape index (κ1) is 8.94. The Labute approximate surface area is 60.2 Å². The van der Waals surface area contributed by atoms with Gasteiger partial charge in [0.15, 0.2) is 0 Å². The predicted molar refractivity (Wildman–Crippen MR) is 39.6 cm³/mol. The van der Waals surface area contributed by atoms with Crippen molar-refractivity contribution in [2.75, 3.05) is 7.11 Å². The smallest absolute Gasteiger partial charge is 0.106 e. The maximum atomic E-state index is 8.31. The van der Waals surface area contributed by atoms with Crippen molar-refractivity contribution < 1.29 is 10.0 Å². The van der Waals surface area contributed by atoms with Gasteiger partial charge in [0.1, 0.15) is 18.5 Å². The minimum absolute atomic E-state index is 0.490. The lowest BCUT2D eigenvalue weighted by atomic mass is 10.2. The molecule has 0 atom stereocenters. The molecule has 0 bridgehead atoms. The lowest BCUT2D eigenvalue weighted by molar-refractivity contribution is 0.213. The monoisotopic (exact) mass is 144 g/mol. The van der Waals surface area contributed by atoms with Crippen LogP contribution in [0.5, 0.6) is 0 Å². The molecule has 0 aliphatic heterocycles.